The molecule has 0 aliphatic rings. The van der Waals surface area contributed by atoms with Gasteiger partial charge in [0.2, 0.25) is 0 Å². The minimum atomic E-state index is -0.237. The lowest BCUT2D eigenvalue weighted by Gasteiger charge is -2.23. The number of amidine groups is 1. The molecule has 2 rings (SSSR count). The minimum absolute atomic E-state index is 0.0309. The third kappa shape index (κ3) is 2.96. The molecular weight excluding hydrogens is 253 g/mol. The topological polar surface area (TPSA) is 53.1 Å². The molecule has 0 heterocycles. The third-order valence-electron chi connectivity index (χ3n) is 3.32. The molecule has 0 unspecified atom stereocenters. The molecule has 0 bridgehead atoms. The van der Waals surface area contributed by atoms with Gasteiger partial charge in [-0.1, -0.05) is 18.2 Å². The summed E-state index contributed by atoms with van der Waals surface area (Å²) < 4.78 is 13.3. The van der Waals surface area contributed by atoms with Gasteiger partial charge in [0.25, 0.3) is 0 Å². The zero-order chi connectivity index (χ0) is 14.7. The number of para-hydroxylation sites is 1. The van der Waals surface area contributed by atoms with E-state index in [4.69, 9.17) is 11.1 Å². The summed E-state index contributed by atoms with van der Waals surface area (Å²) in [5.74, 6) is -0.206. The van der Waals surface area contributed by atoms with Gasteiger partial charge in [-0.2, -0.15) is 0 Å². The fourth-order valence-electron chi connectivity index (χ4n) is 2.19. The second-order valence-corrected chi connectivity index (χ2v) is 4.86. The van der Waals surface area contributed by atoms with Gasteiger partial charge in [0.05, 0.1) is 0 Å². The summed E-state index contributed by atoms with van der Waals surface area (Å²) in [6.07, 6.45) is 0. The molecule has 0 saturated carbocycles. The van der Waals surface area contributed by atoms with Gasteiger partial charge < -0.3 is 10.6 Å². The molecule has 0 spiro atoms. The summed E-state index contributed by atoms with van der Waals surface area (Å²) in [5, 5.41) is 7.62. The molecule has 0 aliphatic heterocycles. The van der Waals surface area contributed by atoms with E-state index in [-0.39, 0.29) is 11.7 Å². The molecule has 2 aromatic carbocycles. The van der Waals surface area contributed by atoms with Gasteiger partial charge in [-0.05, 0) is 42.3 Å². The molecule has 3 nitrogen and oxygen atoms in total. The Bertz CT molecular complexity index is 637. The molecule has 0 aliphatic carbocycles. The molecule has 0 fully saturated rings. The van der Waals surface area contributed by atoms with Crippen molar-refractivity contribution >= 4 is 11.5 Å². The van der Waals surface area contributed by atoms with Crippen LogP contribution < -0.4 is 10.6 Å². The maximum Gasteiger partial charge on any atom is 0.124 e. The lowest BCUT2D eigenvalue weighted by Crippen LogP contribution is -2.22. The lowest BCUT2D eigenvalue weighted by atomic mass is 10.1. The molecule has 0 radical (unpaired) electrons. The number of rotatable bonds is 4. The van der Waals surface area contributed by atoms with Crippen LogP contribution in [0.15, 0.2) is 42.5 Å². The van der Waals surface area contributed by atoms with Crippen LogP contribution in [0.5, 0.6) is 0 Å². The monoisotopic (exact) mass is 271 g/mol. The zero-order valence-corrected chi connectivity index (χ0v) is 11.7. The second kappa shape index (κ2) is 5.74. The van der Waals surface area contributed by atoms with Crippen molar-refractivity contribution in [3.8, 4) is 0 Å². The Kier molecular flexibility index (Phi) is 4.03. The van der Waals surface area contributed by atoms with Gasteiger partial charge in [0.1, 0.15) is 11.7 Å². The zero-order valence-electron chi connectivity index (χ0n) is 11.7. The number of nitrogens with one attached hydrogen (secondary N) is 1. The second-order valence-electron chi connectivity index (χ2n) is 4.86. The molecule has 0 aromatic heterocycles. The van der Waals surface area contributed by atoms with Gasteiger partial charge >= 0.3 is 0 Å². The average molecular weight is 271 g/mol. The highest BCUT2D eigenvalue weighted by Crippen LogP contribution is 2.22. The predicted molar refractivity (Wildman–Crippen MR) is 80.7 cm³/mol. The van der Waals surface area contributed by atoms with Crippen molar-refractivity contribution < 1.29 is 4.39 Å². The summed E-state index contributed by atoms with van der Waals surface area (Å²) in [6, 6.07) is 12.2. The number of benzene rings is 2. The van der Waals surface area contributed by atoms with E-state index >= 15 is 0 Å². The third-order valence-corrected chi connectivity index (χ3v) is 3.32. The maximum atomic E-state index is 13.3. The number of hydrogen-bond donors (Lipinski definition) is 2. The highest BCUT2D eigenvalue weighted by Gasteiger charge is 2.11. The first kappa shape index (κ1) is 14.1. The summed E-state index contributed by atoms with van der Waals surface area (Å²) in [7, 11) is 1.91. The first-order chi connectivity index (χ1) is 9.49. The van der Waals surface area contributed by atoms with Gasteiger partial charge in [-0.25, -0.2) is 4.39 Å². The van der Waals surface area contributed by atoms with Crippen LogP contribution in [-0.4, -0.2) is 12.9 Å². The molecule has 0 amide bonds. The molecule has 0 saturated heterocycles. The van der Waals surface area contributed by atoms with E-state index in [0.717, 1.165) is 16.8 Å². The van der Waals surface area contributed by atoms with Crippen molar-refractivity contribution in [1.82, 2.24) is 0 Å². The van der Waals surface area contributed by atoms with Crippen LogP contribution in [0.3, 0.4) is 0 Å². The fraction of sp³-hybridized carbons (Fsp3) is 0.188. The van der Waals surface area contributed by atoms with E-state index in [1.54, 1.807) is 12.1 Å². The van der Waals surface area contributed by atoms with Crippen LogP contribution >= 0.6 is 0 Å². The highest BCUT2D eigenvalue weighted by atomic mass is 19.1. The Balaban J connectivity index is 2.31. The Hall–Kier alpha value is -2.36. The van der Waals surface area contributed by atoms with E-state index in [9.17, 15) is 4.39 Å². The van der Waals surface area contributed by atoms with Crippen molar-refractivity contribution in [3.63, 3.8) is 0 Å². The minimum Gasteiger partial charge on any atom is -0.384 e. The van der Waals surface area contributed by atoms with Crippen molar-refractivity contribution in [3.05, 3.63) is 65.0 Å². The molecule has 3 N–H and O–H groups in total. The van der Waals surface area contributed by atoms with Crippen LogP contribution in [0.25, 0.3) is 0 Å². The van der Waals surface area contributed by atoms with E-state index in [2.05, 4.69) is 0 Å². The number of nitrogen functional groups attached to an aromatic ring is 1. The van der Waals surface area contributed by atoms with Crippen LogP contribution in [0.2, 0.25) is 0 Å². The number of nitrogens with zero attached hydrogens (tertiary/aromatic N) is 1. The van der Waals surface area contributed by atoms with Crippen molar-refractivity contribution in [1.29, 1.82) is 5.41 Å². The summed E-state index contributed by atoms with van der Waals surface area (Å²) in [5.41, 5.74) is 9.11. The largest absolute Gasteiger partial charge is 0.384 e. The summed E-state index contributed by atoms with van der Waals surface area (Å²) in [6.45, 7) is 2.52. The van der Waals surface area contributed by atoms with Crippen LogP contribution in [-0.2, 0) is 6.54 Å². The Morgan fingerprint density at radius 2 is 1.95 bits per heavy atom. The molecule has 4 heteroatoms. The standard InChI is InChI=1S/C16H18FN3/c1-11-7-8-13(17)9-12(11)10-20(2)15-6-4-3-5-14(15)16(18)19/h3-9H,10H2,1-2H3,(H3,18,19). The SMILES string of the molecule is Cc1ccc(F)cc1CN(C)c1ccccc1C(=N)N. The molecule has 104 valence electrons. The molecular formula is C16H18FN3. The van der Waals surface area contributed by atoms with Gasteiger partial charge in [0.15, 0.2) is 0 Å². The van der Waals surface area contributed by atoms with Crippen LogP contribution in [0.1, 0.15) is 16.7 Å². The van der Waals surface area contributed by atoms with Gasteiger partial charge in [-0.15, -0.1) is 0 Å². The number of hydrogen-bond acceptors (Lipinski definition) is 2. The number of aryl methyl sites for hydroxylation is 1. The fourth-order valence-corrected chi connectivity index (χ4v) is 2.19. The van der Waals surface area contributed by atoms with Crippen LogP contribution in [0.4, 0.5) is 10.1 Å². The quantitative estimate of drug-likeness (QED) is 0.663. The van der Waals surface area contributed by atoms with Crippen molar-refractivity contribution in [2.45, 2.75) is 13.5 Å². The Morgan fingerprint density at radius 1 is 1.25 bits per heavy atom. The van der Waals surface area contributed by atoms with E-state index < -0.39 is 0 Å². The number of halogens is 1. The molecule has 0 atom stereocenters. The predicted octanol–water partition coefficient (Wildman–Crippen LogP) is 3.05. The van der Waals surface area contributed by atoms with Crippen molar-refractivity contribution in [2.75, 3.05) is 11.9 Å². The number of nitrogens with two attached hydrogens (primary N) is 1. The van der Waals surface area contributed by atoms with E-state index in [1.807, 2.05) is 43.1 Å². The van der Waals surface area contributed by atoms with E-state index in [1.165, 1.54) is 6.07 Å². The summed E-state index contributed by atoms with van der Waals surface area (Å²) >= 11 is 0. The molecule has 2 aromatic rings. The maximum absolute atomic E-state index is 13.3. The first-order valence-electron chi connectivity index (χ1n) is 6.38. The average Bonchev–Trinajstić information content (AvgIpc) is 2.42. The Labute approximate surface area is 118 Å². The first-order valence-corrected chi connectivity index (χ1v) is 6.38. The normalized spacial score (nSPS) is 10.3. The summed E-state index contributed by atoms with van der Waals surface area (Å²) in [4.78, 5) is 1.97. The highest BCUT2D eigenvalue weighted by molar-refractivity contribution is 6.00. The number of anilines is 1. The smallest absolute Gasteiger partial charge is 0.124 e. The van der Waals surface area contributed by atoms with Crippen LogP contribution in [0, 0.1) is 18.2 Å². The molecule has 20 heavy (non-hydrogen) atoms. The van der Waals surface area contributed by atoms with Crippen molar-refractivity contribution in [2.24, 2.45) is 5.73 Å². The lowest BCUT2D eigenvalue weighted by molar-refractivity contribution is 0.624. The van der Waals surface area contributed by atoms with E-state index in [0.29, 0.717) is 12.1 Å². The van der Waals surface area contributed by atoms with Gasteiger partial charge in [0, 0.05) is 24.8 Å². The Morgan fingerprint density at radius 3 is 2.65 bits per heavy atom. The van der Waals surface area contributed by atoms with Gasteiger partial charge in [-0.3, -0.25) is 5.41 Å².